The van der Waals surface area contributed by atoms with Gasteiger partial charge in [0.2, 0.25) is 0 Å². The highest BCUT2D eigenvalue weighted by atomic mass is 19.4. The normalized spacial score (nSPS) is 15.4. The lowest BCUT2D eigenvalue weighted by molar-refractivity contribution is -0.139. The second-order valence-electron chi connectivity index (χ2n) is 6.77. The molecule has 1 unspecified atom stereocenters. The van der Waals surface area contributed by atoms with E-state index in [1.54, 1.807) is 6.20 Å². The molecule has 1 fully saturated rings. The number of pyridine rings is 1. The first kappa shape index (κ1) is 18.6. The van der Waals surface area contributed by atoms with Crippen LogP contribution in [0.15, 0.2) is 61.3 Å². The SMILES string of the molecule is FC(F)(F)c1ccncc1C(OCc1ccccc1)c1cncnc1C1CC1. The van der Waals surface area contributed by atoms with Crippen LogP contribution in [0.25, 0.3) is 0 Å². The van der Waals surface area contributed by atoms with E-state index in [0.717, 1.165) is 36.4 Å². The fraction of sp³-hybridized carbons (Fsp3) is 0.286. The van der Waals surface area contributed by atoms with Crippen molar-refractivity contribution in [3.05, 3.63) is 89.3 Å². The summed E-state index contributed by atoms with van der Waals surface area (Å²) < 4.78 is 47.0. The van der Waals surface area contributed by atoms with Gasteiger partial charge in [0, 0.05) is 35.6 Å². The van der Waals surface area contributed by atoms with Crippen LogP contribution in [0.2, 0.25) is 0 Å². The maximum atomic E-state index is 13.6. The van der Waals surface area contributed by atoms with Crippen LogP contribution in [0.3, 0.4) is 0 Å². The molecule has 1 aliphatic rings. The molecule has 0 spiro atoms. The zero-order chi connectivity index (χ0) is 19.6. The highest BCUT2D eigenvalue weighted by molar-refractivity contribution is 5.38. The Kier molecular flexibility index (Phi) is 5.09. The molecular weight excluding hydrogens is 367 g/mol. The van der Waals surface area contributed by atoms with Gasteiger partial charge in [0.15, 0.2) is 0 Å². The van der Waals surface area contributed by atoms with Crippen LogP contribution in [0, 0.1) is 0 Å². The first-order chi connectivity index (χ1) is 13.5. The van der Waals surface area contributed by atoms with E-state index in [9.17, 15) is 13.2 Å². The zero-order valence-electron chi connectivity index (χ0n) is 14.9. The lowest BCUT2D eigenvalue weighted by Gasteiger charge is -2.23. The molecule has 1 atom stereocenters. The lowest BCUT2D eigenvalue weighted by Crippen LogP contribution is -2.17. The molecular formula is C21H18F3N3O. The molecule has 1 saturated carbocycles. The minimum atomic E-state index is -4.51. The Morgan fingerprint density at radius 3 is 2.46 bits per heavy atom. The van der Waals surface area contributed by atoms with E-state index in [1.165, 1.54) is 12.5 Å². The van der Waals surface area contributed by atoms with Gasteiger partial charge in [0.1, 0.15) is 12.4 Å². The number of rotatable bonds is 6. The predicted octanol–water partition coefficient (Wildman–Crippen LogP) is 5.07. The van der Waals surface area contributed by atoms with Crippen LogP contribution in [-0.4, -0.2) is 15.0 Å². The highest BCUT2D eigenvalue weighted by Crippen LogP contribution is 2.45. The topological polar surface area (TPSA) is 47.9 Å². The van der Waals surface area contributed by atoms with Gasteiger partial charge in [-0.1, -0.05) is 30.3 Å². The molecule has 1 aliphatic carbocycles. The summed E-state index contributed by atoms with van der Waals surface area (Å²) in [5.41, 5.74) is 1.41. The van der Waals surface area contributed by atoms with Crippen LogP contribution in [0.4, 0.5) is 13.2 Å². The van der Waals surface area contributed by atoms with Gasteiger partial charge in [-0.2, -0.15) is 13.2 Å². The molecule has 2 aromatic heterocycles. The van der Waals surface area contributed by atoms with Gasteiger partial charge in [0.05, 0.1) is 17.9 Å². The average Bonchev–Trinajstić information content (AvgIpc) is 3.54. The fourth-order valence-electron chi connectivity index (χ4n) is 3.22. The molecule has 0 radical (unpaired) electrons. The van der Waals surface area contributed by atoms with Crippen molar-refractivity contribution in [3.8, 4) is 0 Å². The average molecular weight is 385 g/mol. The number of hydrogen-bond acceptors (Lipinski definition) is 4. The van der Waals surface area contributed by atoms with E-state index in [1.807, 2.05) is 30.3 Å². The van der Waals surface area contributed by atoms with Crippen molar-refractivity contribution in [2.45, 2.75) is 37.6 Å². The monoisotopic (exact) mass is 385 g/mol. The third-order valence-corrected chi connectivity index (χ3v) is 4.72. The maximum Gasteiger partial charge on any atom is 0.416 e. The summed E-state index contributed by atoms with van der Waals surface area (Å²) >= 11 is 0. The quantitative estimate of drug-likeness (QED) is 0.594. The molecule has 0 amide bonds. The molecule has 3 aromatic rings. The van der Waals surface area contributed by atoms with Crippen LogP contribution in [-0.2, 0) is 17.5 Å². The van der Waals surface area contributed by atoms with Crippen molar-refractivity contribution in [3.63, 3.8) is 0 Å². The van der Waals surface area contributed by atoms with Crippen molar-refractivity contribution < 1.29 is 17.9 Å². The first-order valence-electron chi connectivity index (χ1n) is 9.00. The summed E-state index contributed by atoms with van der Waals surface area (Å²) in [6, 6.07) is 10.3. The minimum Gasteiger partial charge on any atom is -0.364 e. The van der Waals surface area contributed by atoms with Crippen molar-refractivity contribution in [1.29, 1.82) is 0 Å². The van der Waals surface area contributed by atoms with Crippen LogP contribution in [0.5, 0.6) is 0 Å². The Labute approximate surface area is 160 Å². The fourth-order valence-corrected chi connectivity index (χ4v) is 3.22. The second kappa shape index (κ2) is 7.67. The van der Waals surface area contributed by atoms with Gasteiger partial charge in [-0.3, -0.25) is 4.98 Å². The van der Waals surface area contributed by atoms with Crippen molar-refractivity contribution in [2.24, 2.45) is 0 Å². The van der Waals surface area contributed by atoms with E-state index < -0.39 is 17.8 Å². The Morgan fingerprint density at radius 2 is 1.75 bits per heavy atom. The van der Waals surface area contributed by atoms with Crippen LogP contribution < -0.4 is 0 Å². The van der Waals surface area contributed by atoms with E-state index in [-0.39, 0.29) is 18.1 Å². The summed E-state index contributed by atoms with van der Waals surface area (Å²) in [6.07, 6.45) is 1.82. The van der Waals surface area contributed by atoms with Gasteiger partial charge >= 0.3 is 6.18 Å². The van der Waals surface area contributed by atoms with Gasteiger partial charge < -0.3 is 4.74 Å². The zero-order valence-corrected chi connectivity index (χ0v) is 14.9. The Morgan fingerprint density at radius 1 is 1.00 bits per heavy atom. The standard InChI is InChI=1S/C21H18F3N3O/c22-21(23,24)18-8-9-25-10-16(18)20(28-12-14-4-2-1-3-5-14)17-11-26-13-27-19(17)15-6-7-15/h1-5,8-11,13,15,20H,6-7,12H2. The third-order valence-electron chi connectivity index (χ3n) is 4.72. The largest absolute Gasteiger partial charge is 0.416 e. The molecule has 28 heavy (non-hydrogen) atoms. The summed E-state index contributed by atoms with van der Waals surface area (Å²) in [7, 11) is 0. The number of halogens is 3. The molecule has 0 aliphatic heterocycles. The molecule has 4 nitrogen and oxygen atoms in total. The molecule has 144 valence electrons. The summed E-state index contributed by atoms with van der Waals surface area (Å²) in [6.45, 7) is 0.163. The Balaban J connectivity index is 1.77. The Bertz CT molecular complexity index is 943. The smallest absolute Gasteiger partial charge is 0.364 e. The molecule has 0 saturated heterocycles. The van der Waals surface area contributed by atoms with Gasteiger partial charge in [-0.15, -0.1) is 0 Å². The second-order valence-corrected chi connectivity index (χ2v) is 6.77. The Hall–Kier alpha value is -2.80. The summed E-state index contributed by atoms with van der Waals surface area (Å²) in [5, 5.41) is 0. The number of hydrogen-bond donors (Lipinski definition) is 0. The van der Waals surface area contributed by atoms with Crippen molar-refractivity contribution >= 4 is 0 Å². The van der Waals surface area contributed by atoms with E-state index in [0.29, 0.717) is 5.56 Å². The van der Waals surface area contributed by atoms with E-state index >= 15 is 0 Å². The van der Waals surface area contributed by atoms with Crippen LogP contribution >= 0.6 is 0 Å². The van der Waals surface area contributed by atoms with Gasteiger partial charge in [-0.05, 0) is 24.5 Å². The molecule has 0 N–H and O–H groups in total. The molecule has 2 heterocycles. The molecule has 7 heteroatoms. The van der Waals surface area contributed by atoms with Crippen molar-refractivity contribution in [2.75, 3.05) is 0 Å². The molecule has 0 bridgehead atoms. The van der Waals surface area contributed by atoms with Gasteiger partial charge in [0.25, 0.3) is 0 Å². The summed E-state index contributed by atoms with van der Waals surface area (Å²) in [5.74, 6) is 0.242. The number of benzene rings is 1. The predicted molar refractivity (Wildman–Crippen MR) is 96.3 cm³/mol. The molecule has 1 aromatic carbocycles. The minimum absolute atomic E-state index is 0.0253. The maximum absolute atomic E-state index is 13.6. The lowest BCUT2D eigenvalue weighted by atomic mass is 9.96. The van der Waals surface area contributed by atoms with E-state index in [4.69, 9.17) is 4.74 Å². The molecule has 4 rings (SSSR count). The number of aromatic nitrogens is 3. The number of nitrogens with zero attached hydrogens (tertiary/aromatic N) is 3. The third kappa shape index (κ3) is 4.04. The first-order valence-corrected chi connectivity index (χ1v) is 9.00. The van der Waals surface area contributed by atoms with E-state index in [2.05, 4.69) is 15.0 Å². The number of alkyl halides is 3. The highest BCUT2D eigenvalue weighted by Gasteiger charge is 2.38. The van der Waals surface area contributed by atoms with Crippen LogP contribution in [0.1, 0.15) is 52.8 Å². The number of ether oxygens (including phenoxy) is 1. The van der Waals surface area contributed by atoms with Gasteiger partial charge in [-0.25, -0.2) is 9.97 Å². The summed E-state index contributed by atoms with van der Waals surface area (Å²) in [4.78, 5) is 12.3. The van der Waals surface area contributed by atoms with Crippen molar-refractivity contribution in [1.82, 2.24) is 15.0 Å².